The first-order chi connectivity index (χ1) is 33.7. The van der Waals surface area contributed by atoms with E-state index in [1.54, 1.807) is 0 Å². The molecule has 10 aromatic carbocycles. The fourth-order valence-corrected chi connectivity index (χ4v) is 15.8. The number of hydrogen-bond acceptors (Lipinski definition) is 3. The van der Waals surface area contributed by atoms with E-state index in [9.17, 15) is 0 Å². The van der Waals surface area contributed by atoms with E-state index in [0.717, 1.165) is 27.9 Å². The molecule has 0 atom stereocenters. The van der Waals surface area contributed by atoms with Crippen molar-refractivity contribution in [3.05, 3.63) is 255 Å². The lowest BCUT2D eigenvalue weighted by atomic mass is 10.0. The number of nitrogens with zero attached hydrogens (tertiary/aromatic N) is 4. The molecule has 0 amide bonds. The fourth-order valence-electron chi connectivity index (χ4n) is 10.6. The lowest BCUT2D eigenvalue weighted by Gasteiger charge is -2.31. The first-order valence-electron chi connectivity index (χ1n) is 23.2. The van der Waals surface area contributed by atoms with Gasteiger partial charge in [-0.25, -0.2) is 15.0 Å². The first kappa shape index (κ1) is 39.6. The zero-order chi connectivity index (χ0) is 45.0. The van der Waals surface area contributed by atoms with E-state index in [4.69, 9.17) is 15.0 Å². The van der Waals surface area contributed by atoms with Gasteiger partial charge in [0.25, 0.3) is 0 Å². The Hall–Kier alpha value is -8.77. The molecule has 0 spiro atoms. The summed E-state index contributed by atoms with van der Waals surface area (Å²) in [6.07, 6.45) is 0. The molecule has 0 unspecified atom stereocenters. The zero-order valence-electron chi connectivity index (χ0n) is 37.0. The van der Waals surface area contributed by atoms with Crippen molar-refractivity contribution in [3.63, 3.8) is 0 Å². The third kappa shape index (κ3) is 6.47. The fraction of sp³-hybridized carbons (Fsp3) is 0. The monoisotopic (exact) mass is 882 g/mol. The maximum Gasteiger partial charge on any atom is 0.180 e. The van der Waals surface area contributed by atoms with Crippen molar-refractivity contribution in [2.24, 2.45) is 0 Å². The van der Waals surface area contributed by atoms with Gasteiger partial charge < -0.3 is 4.57 Å². The molecule has 318 valence electrons. The van der Waals surface area contributed by atoms with Gasteiger partial charge in [0.2, 0.25) is 0 Å². The van der Waals surface area contributed by atoms with Crippen LogP contribution in [0.25, 0.3) is 95.0 Å². The number of fused-ring (bicyclic) bond motifs is 6. The van der Waals surface area contributed by atoms with Crippen LogP contribution in [0.15, 0.2) is 255 Å². The van der Waals surface area contributed by atoms with Gasteiger partial charge in [-0.1, -0.05) is 231 Å². The highest BCUT2D eigenvalue weighted by Gasteiger charge is 2.48. The zero-order valence-corrected chi connectivity index (χ0v) is 38.0. The van der Waals surface area contributed by atoms with Crippen molar-refractivity contribution >= 4 is 50.6 Å². The third-order valence-corrected chi connectivity index (χ3v) is 18.6. The van der Waals surface area contributed by atoms with Gasteiger partial charge in [0.05, 0.1) is 11.0 Å². The van der Waals surface area contributed by atoms with Gasteiger partial charge in [-0.15, -0.1) is 0 Å². The molecule has 0 fully saturated rings. The lowest BCUT2D eigenvalue weighted by molar-refractivity contribution is 1.07. The van der Waals surface area contributed by atoms with Crippen LogP contribution in [0.5, 0.6) is 0 Å². The molecular weight excluding hydrogens is 841 g/mol. The van der Waals surface area contributed by atoms with Crippen molar-refractivity contribution in [2.75, 3.05) is 0 Å². The Morgan fingerprint density at radius 2 is 0.706 bits per heavy atom. The molecule has 0 N–H and O–H groups in total. The van der Waals surface area contributed by atoms with E-state index in [1.165, 1.54) is 70.4 Å². The summed E-state index contributed by atoms with van der Waals surface area (Å²) in [7, 11) is -2.90. The molecular formula is C63H42N4Si. The van der Waals surface area contributed by atoms with Gasteiger partial charge in [0.1, 0.15) is 0 Å². The SMILES string of the molecule is c1ccc(-c2ccc(-c3nc(-c4ccccc4)nc(-c4ccc([Si]5(c6ccc7c(c6)c6ccccc6n7-c6cccc(-c7ccccc7)c6)c6ccccc6-c6ccccc65)cc4)n3)cc2)cc1. The summed E-state index contributed by atoms with van der Waals surface area (Å²) in [5.74, 6) is 1.92. The van der Waals surface area contributed by atoms with Crippen LogP contribution in [0.1, 0.15) is 0 Å². The highest BCUT2D eigenvalue weighted by molar-refractivity contribution is 7.22. The number of hydrogen-bond donors (Lipinski definition) is 0. The minimum Gasteiger partial charge on any atom is -0.309 e. The third-order valence-electron chi connectivity index (χ3n) is 13.8. The van der Waals surface area contributed by atoms with E-state index in [2.05, 4.69) is 235 Å². The van der Waals surface area contributed by atoms with Gasteiger partial charge in [-0.2, -0.15) is 0 Å². The topological polar surface area (TPSA) is 43.6 Å². The second-order valence-corrected chi connectivity index (χ2v) is 21.3. The Bertz CT molecular complexity index is 3780. The van der Waals surface area contributed by atoms with Crippen LogP contribution >= 0.6 is 0 Å². The van der Waals surface area contributed by atoms with Crippen LogP contribution in [-0.2, 0) is 0 Å². The Labute approximate surface area is 396 Å². The van der Waals surface area contributed by atoms with Gasteiger partial charge >= 0.3 is 0 Å². The van der Waals surface area contributed by atoms with E-state index in [-0.39, 0.29) is 0 Å². The maximum absolute atomic E-state index is 5.18. The van der Waals surface area contributed by atoms with Crippen LogP contribution in [0, 0.1) is 0 Å². The van der Waals surface area contributed by atoms with Gasteiger partial charge in [0.15, 0.2) is 25.5 Å². The quantitative estimate of drug-likeness (QED) is 0.143. The highest BCUT2D eigenvalue weighted by atomic mass is 28.3. The van der Waals surface area contributed by atoms with Crippen LogP contribution < -0.4 is 20.7 Å². The highest BCUT2D eigenvalue weighted by Crippen LogP contribution is 2.36. The Kier molecular flexibility index (Phi) is 9.48. The largest absolute Gasteiger partial charge is 0.309 e. The summed E-state index contributed by atoms with van der Waals surface area (Å²) < 4.78 is 2.44. The summed E-state index contributed by atoms with van der Waals surface area (Å²) >= 11 is 0. The van der Waals surface area contributed by atoms with E-state index < -0.39 is 8.07 Å². The second-order valence-electron chi connectivity index (χ2n) is 17.5. The van der Waals surface area contributed by atoms with Crippen molar-refractivity contribution < 1.29 is 0 Å². The predicted octanol–water partition coefficient (Wildman–Crippen LogP) is 12.7. The molecule has 1 aliphatic rings. The molecule has 0 bridgehead atoms. The number of para-hydroxylation sites is 1. The number of aromatic nitrogens is 4. The van der Waals surface area contributed by atoms with Crippen LogP contribution in [0.2, 0.25) is 0 Å². The van der Waals surface area contributed by atoms with Crippen LogP contribution in [0.3, 0.4) is 0 Å². The van der Waals surface area contributed by atoms with Crippen LogP contribution in [0.4, 0.5) is 0 Å². The standard InChI is InChI=1S/C63H42N4Si/c1-4-17-43(18-5-1)45-31-33-47(34-32-45)62-64-61(46-21-8-3-9-22-46)65-63(66-62)48-35-37-51(38-36-48)68(59-29-14-11-26-54(59)55-27-12-15-30-60(55)68)52-39-40-58-56(42-52)53-25-10-13-28-57(53)67(58)50-24-16-23-49(41-50)44-19-6-2-7-20-44/h1-42H. The smallest absolute Gasteiger partial charge is 0.180 e. The molecule has 1 aliphatic heterocycles. The van der Waals surface area contributed by atoms with Gasteiger partial charge in [-0.05, 0) is 78.4 Å². The van der Waals surface area contributed by atoms with Crippen molar-refractivity contribution in [1.29, 1.82) is 0 Å². The summed E-state index contributed by atoms with van der Waals surface area (Å²) in [4.78, 5) is 15.4. The van der Waals surface area contributed by atoms with Crippen molar-refractivity contribution in [2.45, 2.75) is 0 Å². The Balaban J connectivity index is 0.975. The molecule has 5 heteroatoms. The molecule has 4 nitrogen and oxygen atoms in total. The molecule has 2 aromatic heterocycles. The maximum atomic E-state index is 5.18. The second kappa shape index (κ2) is 16.3. The molecule has 13 rings (SSSR count). The van der Waals surface area contributed by atoms with Crippen molar-refractivity contribution in [3.8, 4) is 73.2 Å². The van der Waals surface area contributed by atoms with E-state index >= 15 is 0 Å². The normalized spacial score (nSPS) is 12.5. The number of benzene rings is 10. The molecule has 12 aromatic rings. The summed E-state index contributed by atoms with van der Waals surface area (Å²) in [6.45, 7) is 0. The minimum atomic E-state index is -2.90. The average molecular weight is 883 g/mol. The number of rotatable bonds is 8. The molecule has 0 saturated heterocycles. The molecule has 0 saturated carbocycles. The van der Waals surface area contributed by atoms with Crippen LogP contribution in [-0.4, -0.2) is 27.6 Å². The van der Waals surface area contributed by atoms with Gasteiger partial charge in [-0.3, -0.25) is 0 Å². The Morgan fingerprint density at radius 1 is 0.279 bits per heavy atom. The summed E-state index contributed by atoms with van der Waals surface area (Å²) in [5, 5.41) is 7.95. The molecule has 68 heavy (non-hydrogen) atoms. The molecule has 0 aliphatic carbocycles. The molecule has 3 heterocycles. The first-order valence-corrected chi connectivity index (χ1v) is 25.2. The van der Waals surface area contributed by atoms with E-state index in [0.29, 0.717) is 17.5 Å². The summed E-state index contributed by atoms with van der Waals surface area (Å²) in [5.41, 5.74) is 13.7. The minimum absolute atomic E-state index is 0.640. The lowest BCUT2D eigenvalue weighted by Crippen LogP contribution is -2.72. The van der Waals surface area contributed by atoms with Crippen molar-refractivity contribution in [1.82, 2.24) is 19.5 Å². The molecule has 0 radical (unpaired) electrons. The Morgan fingerprint density at radius 3 is 1.32 bits per heavy atom. The summed E-state index contributed by atoms with van der Waals surface area (Å²) in [6, 6.07) is 92.2. The predicted molar refractivity (Wildman–Crippen MR) is 284 cm³/mol. The van der Waals surface area contributed by atoms with Gasteiger partial charge in [0, 0.05) is 33.2 Å². The van der Waals surface area contributed by atoms with E-state index in [1.807, 2.05) is 24.3 Å². The average Bonchev–Trinajstić information content (AvgIpc) is 3.92.